The summed E-state index contributed by atoms with van der Waals surface area (Å²) < 4.78 is 44.1. The number of hydrogen-bond donors (Lipinski definition) is 0. The van der Waals surface area contributed by atoms with E-state index in [-0.39, 0.29) is 22.6 Å². The predicted molar refractivity (Wildman–Crippen MR) is 80.6 cm³/mol. The molecule has 24 heavy (non-hydrogen) atoms. The fourth-order valence-corrected chi connectivity index (χ4v) is 2.75. The Morgan fingerprint density at radius 2 is 1.79 bits per heavy atom. The van der Waals surface area contributed by atoms with Gasteiger partial charge in [-0.3, -0.25) is 9.59 Å². The zero-order valence-electron chi connectivity index (χ0n) is 12.1. The molecule has 3 rings (SSSR count). The first kappa shape index (κ1) is 16.3. The molecule has 1 aliphatic heterocycles. The van der Waals surface area contributed by atoms with Crippen LogP contribution in [-0.4, -0.2) is 18.9 Å². The molecule has 0 fully saturated rings. The fourth-order valence-electron chi connectivity index (χ4n) is 2.53. The number of ether oxygens (including phenoxy) is 1. The smallest absolute Gasteiger partial charge is 0.417 e. The molecule has 2 aromatic carbocycles. The van der Waals surface area contributed by atoms with E-state index in [1.807, 2.05) is 0 Å². The summed E-state index contributed by atoms with van der Waals surface area (Å²) in [6.45, 7) is 0. The van der Waals surface area contributed by atoms with Gasteiger partial charge in [-0.2, -0.15) is 13.2 Å². The van der Waals surface area contributed by atoms with Crippen molar-refractivity contribution in [2.75, 3.05) is 12.0 Å². The Labute approximate surface area is 139 Å². The summed E-state index contributed by atoms with van der Waals surface area (Å²) in [7, 11) is 1.33. The molecule has 8 heteroatoms. The van der Waals surface area contributed by atoms with E-state index in [9.17, 15) is 22.8 Å². The van der Waals surface area contributed by atoms with Crippen LogP contribution in [0.2, 0.25) is 5.02 Å². The number of carbonyl (C=O) groups excluding carboxylic acids is 2. The Kier molecular flexibility index (Phi) is 3.76. The summed E-state index contributed by atoms with van der Waals surface area (Å²) >= 11 is 5.57. The minimum atomic E-state index is -4.70. The van der Waals surface area contributed by atoms with Crippen molar-refractivity contribution in [3.05, 3.63) is 58.1 Å². The van der Waals surface area contributed by atoms with Crippen LogP contribution in [0, 0.1) is 0 Å². The SMILES string of the molecule is COc1cccc2c1C(=O)N(c1ccc(Cl)c(C(F)(F)F)c1)C2=O. The third-order valence-corrected chi connectivity index (χ3v) is 3.94. The van der Waals surface area contributed by atoms with Gasteiger partial charge < -0.3 is 4.74 Å². The molecule has 0 unspecified atom stereocenters. The maximum absolute atomic E-state index is 13.0. The third kappa shape index (κ3) is 2.41. The average Bonchev–Trinajstić information content (AvgIpc) is 2.79. The highest BCUT2D eigenvalue weighted by molar-refractivity contribution is 6.35. The number of methoxy groups -OCH3 is 1. The van der Waals surface area contributed by atoms with Crippen LogP contribution in [0.3, 0.4) is 0 Å². The number of fused-ring (bicyclic) bond motifs is 1. The van der Waals surface area contributed by atoms with E-state index in [0.29, 0.717) is 11.0 Å². The monoisotopic (exact) mass is 355 g/mol. The van der Waals surface area contributed by atoms with Crippen LogP contribution in [0.25, 0.3) is 0 Å². The normalized spacial score (nSPS) is 14.1. The molecule has 0 atom stereocenters. The number of carbonyl (C=O) groups is 2. The second-order valence-electron chi connectivity index (χ2n) is 4.99. The van der Waals surface area contributed by atoms with E-state index >= 15 is 0 Å². The molecule has 4 nitrogen and oxygen atoms in total. The van der Waals surface area contributed by atoms with E-state index in [0.717, 1.165) is 6.07 Å². The van der Waals surface area contributed by atoms with Crippen molar-refractivity contribution in [2.45, 2.75) is 6.18 Å². The van der Waals surface area contributed by atoms with Crippen molar-refractivity contribution in [2.24, 2.45) is 0 Å². The van der Waals surface area contributed by atoms with Crippen LogP contribution < -0.4 is 9.64 Å². The molecule has 0 radical (unpaired) electrons. The first-order chi connectivity index (χ1) is 11.3. The van der Waals surface area contributed by atoms with Gasteiger partial charge in [0.05, 0.1) is 34.5 Å². The highest BCUT2D eigenvalue weighted by Crippen LogP contribution is 2.39. The lowest BCUT2D eigenvalue weighted by atomic mass is 10.1. The topological polar surface area (TPSA) is 46.6 Å². The van der Waals surface area contributed by atoms with Gasteiger partial charge in [0.1, 0.15) is 5.75 Å². The molecule has 2 amide bonds. The van der Waals surface area contributed by atoms with Crippen molar-refractivity contribution in [1.29, 1.82) is 0 Å². The van der Waals surface area contributed by atoms with Crippen LogP contribution >= 0.6 is 11.6 Å². The Hall–Kier alpha value is -2.54. The summed E-state index contributed by atoms with van der Waals surface area (Å²) in [5, 5.41) is -0.513. The van der Waals surface area contributed by atoms with Crippen molar-refractivity contribution >= 4 is 29.1 Å². The fraction of sp³-hybridized carbons (Fsp3) is 0.125. The first-order valence-electron chi connectivity index (χ1n) is 6.68. The van der Waals surface area contributed by atoms with Gasteiger partial charge in [-0.25, -0.2) is 4.90 Å². The van der Waals surface area contributed by atoms with E-state index in [4.69, 9.17) is 16.3 Å². The second kappa shape index (κ2) is 5.52. The van der Waals surface area contributed by atoms with Crippen LogP contribution in [-0.2, 0) is 6.18 Å². The lowest BCUT2D eigenvalue weighted by Gasteiger charge is -2.17. The van der Waals surface area contributed by atoms with Gasteiger partial charge in [0, 0.05) is 0 Å². The average molecular weight is 356 g/mol. The van der Waals surface area contributed by atoms with Gasteiger partial charge in [-0.15, -0.1) is 0 Å². The zero-order valence-corrected chi connectivity index (χ0v) is 12.9. The van der Waals surface area contributed by atoms with Gasteiger partial charge in [-0.1, -0.05) is 17.7 Å². The Bertz CT molecular complexity index is 864. The van der Waals surface area contributed by atoms with E-state index in [1.54, 1.807) is 0 Å². The lowest BCUT2D eigenvalue weighted by Crippen LogP contribution is -2.29. The van der Waals surface area contributed by atoms with Crippen LogP contribution in [0.5, 0.6) is 5.75 Å². The molecule has 0 aromatic heterocycles. The maximum atomic E-state index is 13.0. The number of imide groups is 1. The highest BCUT2D eigenvalue weighted by Gasteiger charge is 2.40. The number of halogens is 4. The molecule has 0 spiro atoms. The molecule has 0 saturated heterocycles. The molecule has 0 aliphatic carbocycles. The van der Waals surface area contributed by atoms with Gasteiger partial charge in [0.2, 0.25) is 0 Å². The van der Waals surface area contributed by atoms with Crippen molar-refractivity contribution < 1.29 is 27.5 Å². The van der Waals surface area contributed by atoms with Crippen molar-refractivity contribution in [1.82, 2.24) is 0 Å². The molecular weight excluding hydrogens is 347 g/mol. The maximum Gasteiger partial charge on any atom is 0.417 e. The summed E-state index contributed by atoms with van der Waals surface area (Å²) in [6.07, 6.45) is -4.70. The largest absolute Gasteiger partial charge is 0.496 e. The van der Waals surface area contributed by atoms with E-state index in [1.165, 1.54) is 31.4 Å². The third-order valence-electron chi connectivity index (χ3n) is 3.61. The summed E-state index contributed by atoms with van der Waals surface area (Å²) in [6, 6.07) is 7.30. The molecule has 1 heterocycles. The zero-order chi connectivity index (χ0) is 17.6. The number of nitrogens with zero attached hydrogens (tertiary/aromatic N) is 1. The Morgan fingerprint density at radius 3 is 2.42 bits per heavy atom. The lowest BCUT2D eigenvalue weighted by molar-refractivity contribution is -0.137. The van der Waals surface area contributed by atoms with E-state index in [2.05, 4.69) is 0 Å². The summed E-state index contributed by atoms with van der Waals surface area (Å²) in [5.41, 5.74) is -1.23. The quantitative estimate of drug-likeness (QED) is 0.760. The highest BCUT2D eigenvalue weighted by atomic mass is 35.5. The standard InChI is InChI=1S/C16H9ClF3NO3/c1-24-12-4-2-3-9-13(12)15(23)21(14(9)22)8-5-6-11(17)10(7-8)16(18,19)20/h2-7H,1H3. The van der Waals surface area contributed by atoms with Crippen LogP contribution in [0.15, 0.2) is 36.4 Å². The molecule has 2 aromatic rings. The molecule has 0 bridgehead atoms. The number of benzene rings is 2. The predicted octanol–water partition coefficient (Wildman–Crippen LogP) is 4.17. The number of hydrogen-bond acceptors (Lipinski definition) is 3. The number of anilines is 1. The molecule has 124 valence electrons. The Morgan fingerprint density at radius 1 is 1.08 bits per heavy atom. The molecular formula is C16H9ClF3NO3. The van der Waals surface area contributed by atoms with Crippen molar-refractivity contribution in [3.8, 4) is 5.75 Å². The number of amides is 2. The minimum Gasteiger partial charge on any atom is -0.496 e. The van der Waals surface area contributed by atoms with Gasteiger partial charge in [0.25, 0.3) is 11.8 Å². The second-order valence-corrected chi connectivity index (χ2v) is 5.40. The first-order valence-corrected chi connectivity index (χ1v) is 7.06. The molecule has 1 aliphatic rings. The molecule has 0 saturated carbocycles. The number of rotatable bonds is 2. The van der Waals surface area contributed by atoms with Gasteiger partial charge >= 0.3 is 6.18 Å². The minimum absolute atomic E-state index is 0.0218. The van der Waals surface area contributed by atoms with Gasteiger partial charge in [0.15, 0.2) is 0 Å². The summed E-state index contributed by atoms with van der Waals surface area (Å²) in [4.78, 5) is 25.7. The van der Waals surface area contributed by atoms with E-state index < -0.39 is 28.6 Å². The number of alkyl halides is 3. The summed E-state index contributed by atoms with van der Waals surface area (Å²) in [5.74, 6) is -1.29. The Balaban J connectivity index is 2.13. The van der Waals surface area contributed by atoms with Crippen molar-refractivity contribution in [3.63, 3.8) is 0 Å². The van der Waals surface area contributed by atoms with Crippen LogP contribution in [0.1, 0.15) is 26.3 Å². The molecule has 0 N–H and O–H groups in total. The van der Waals surface area contributed by atoms with Gasteiger partial charge in [-0.05, 0) is 30.3 Å². The van der Waals surface area contributed by atoms with Crippen LogP contribution in [0.4, 0.5) is 18.9 Å².